The smallest absolute Gasteiger partial charge is 0.219 e. The molecule has 0 aliphatic carbocycles. The summed E-state index contributed by atoms with van der Waals surface area (Å²) in [5.74, 6) is 0.108. The van der Waals surface area contributed by atoms with Crippen LogP contribution < -0.4 is 5.32 Å². The Kier molecular flexibility index (Phi) is 4.88. The number of hydrogen-bond acceptors (Lipinski definition) is 1. The summed E-state index contributed by atoms with van der Waals surface area (Å²) in [6.45, 7) is 3.55. The highest BCUT2D eigenvalue weighted by molar-refractivity contribution is 5.75. The fourth-order valence-electron chi connectivity index (χ4n) is 0.532. The first-order chi connectivity index (χ1) is 4.31. The average molecular weight is 127 g/mol. The van der Waals surface area contributed by atoms with Crippen LogP contribution in [0.1, 0.15) is 19.3 Å². The highest BCUT2D eigenvalue weighted by Gasteiger charge is 1.93. The van der Waals surface area contributed by atoms with Crippen LogP contribution in [-0.4, -0.2) is 13.0 Å². The maximum atomic E-state index is 10.5. The van der Waals surface area contributed by atoms with Gasteiger partial charge < -0.3 is 5.32 Å². The molecule has 0 aliphatic rings. The van der Waals surface area contributed by atoms with Crippen molar-refractivity contribution < 1.29 is 4.79 Å². The Bertz CT molecular complexity index is 99.1. The topological polar surface area (TPSA) is 29.1 Å². The first-order valence-electron chi connectivity index (χ1n) is 3.12. The summed E-state index contributed by atoms with van der Waals surface area (Å²) in [4.78, 5) is 10.5. The molecule has 0 bridgehead atoms. The van der Waals surface area contributed by atoms with Crippen molar-refractivity contribution in [3.63, 3.8) is 0 Å². The first kappa shape index (κ1) is 8.21. The molecule has 0 unspecified atom stereocenters. The van der Waals surface area contributed by atoms with E-state index in [1.54, 1.807) is 7.05 Å². The number of hydrogen-bond donors (Lipinski definition) is 1. The van der Waals surface area contributed by atoms with Crippen LogP contribution in [0.5, 0.6) is 0 Å². The molecule has 0 aliphatic heterocycles. The van der Waals surface area contributed by atoms with E-state index in [4.69, 9.17) is 0 Å². The predicted molar refractivity (Wildman–Crippen MR) is 38.1 cm³/mol. The van der Waals surface area contributed by atoms with Crippen LogP contribution >= 0.6 is 0 Å². The van der Waals surface area contributed by atoms with Crippen LogP contribution in [-0.2, 0) is 4.79 Å². The van der Waals surface area contributed by atoms with Crippen molar-refractivity contribution in [1.82, 2.24) is 5.32 Å². The van der Waals surface area contributed by atoms with Crippen LogP contribution in [0, 0.1) is 0 Å². The molecule has 0 aromatic carbocycles. The standard InChI is InChI=1S/C7H13NO/c1-3-4-5-6-7(9)8-2/h3H,1,4-6H2,2H3,(H,8,9). The van der Waals surface area contributed by atoms with E-state index in [9.17, 15) is 4.79 Å². The lowest BCUT2D eigenvalue weighted by Gasteiger charge is -1.94. The van der Waals surface area contributed by atoms with E-state index < -0.39 is 0 Å². The molecule has 0 radical (unpaired) electrons. The molecule has 9 heavy (non-hydrogen) atoms. The van der Waals surface area contributed by atoms with E-state index in [-0.39, 0.29) is 5.91 Å². The Hall–Kier alpha value is -0.790. The van der Waals surface area contributed by atoms with Gasteiger partial charge in [0.15, 0.2) is 0 Å². The van der Waals surface area contributed by atoms with Gasteiger partial charge in [0.1, 0.15) is 0 Å². The van der Waals surface area contributed by atoms with Gasteiger partial charge in [-0.05, 0) is 12.8 Å². The van der Waals surface area contributed by atoms with Gasteiger partial charge in [0.05, 0.1) is 0 Å². The number of rotatable bonds is 4. The average Bonchev–Trinajstić information content (AvgIpc) is 1.89. The van der Waals surface area contributed by atoms with E-state index >= 15 is 0 Å². The second-order valence-electron chi connectivity index (χ2n) is 1.85. The van der Waals surface area contributed by atoms with E-state index in [0.29, 0.717) is 6.42 Å². The minimum Gasteiger partial charge on any atom is -0.359 e. The van der Waals surface area contributed by atoms with Gasteiger partial charge >= 0.3 is 0 Å². The maximum absolute atomic E-state index is 10.5. The molecule has 2 nitrogen and oxygen atoms in total. The van der Waals surface area contributed by atoms with Gasteiger partial charge in [-0.15, -0.1) is 6.58 Å². The molecule has 2 heteroatoms. The fraction of sp³-hybridized carbons (Fsp3) is 0.571. The van der Waals surface area contributed by atoms with E-state index in [1.165, 1.54) is 0 Å². The van der Waals surface area contributed by atoms with Crippen molar-refractivity contribution in [3.8, 4) is 0 Å². The van der Waals surface area contributed by atoms with Crippen molar-refractivity contribution >= 4 is 5.91 Å². The van der Waals surface area contributed by atoms with Crippen LogP contribution in [0.3, 0.4) is 0 Å². The second kappa shape index (κ2) is 5.35. The van der Waals surface area contributed by atoms with Crippen LogP contribution in [0.2, 0.25) is 0 Å². The highest BCUT2D eigenvalue weighted by Crippen LogP contribution is 1.93. The summed E-state index contributed by atoms with van der Waals surface area (Å²) in [7, 11) is 1.65. The number of unbranched alkanes of at least 4 members (excludes halogenated alkanes) is 1. The minimum absolute atomic E-state index is 0.108. The van der Waals surface area contributed by atoms with E-state index in [0.717, 1.165) is 12.8 Å². The fourth-order valence-corrected chi connectivity index (χ4v) is 0.532. The summed E-state index contributed by atoms with van der Waals surface area (Å²) in [5, 5.41) is 2.55. The molecular formula is C7H13NO. The highest BCUT2D eigenvalue weighted by atomic mass is 16.1. The molecule has 0 fully saturated rings. The van der Waals surface area contributed by atoms with Gasteiger partial charge in [-0.2, -0.15) is 0 Å². The van der Waals surface area contributed by atoms with Crippen molar-refractivity contribution in [2.45, 2.75) is 19.3 Å². The molecule has 0 rings (SSSR count). The van der Waals surface area contributed by atoms with Crippen LogP contribution in [0.15, 0.2) is 12.7 Å². The number of carbonyl (C=O) groups is 1. The van der Waals surface area contributed by atoms with Crippen LogP contribution in [0.4, 0.5) is 0 Å². The number of allylic oxidation sites excluding steroid dienone is 1. The van der Waals surface area contributed by atoms with Gasteiger partial charge in [0, 0.05) is 13.5 Å². The van der Waals surface area contributed by atoms with Crippen molar-refractivity contribution in [2.75, 3.05) is 7.05 Å². The Morgan fingerprint density at radius 3 is 2.89 bits per heavy atom. The Morgan fingerprint density at radius 1 is 1.78 bits per heavy atom. The monoisotopic (exact) mass is 127 g/mol. The third-order valence-corrected chi connectivity index (χ3v) is 1.09. The zero-order chi connectivity index (χ0) is 7.11. The second-order valence-corrected chi connectivity index (χ2v) is 1.85. The first-order valence-corrected chi connectivity index (χ1v) is 3.12. The Morgan fingerprint density at radius 2 is 2.44 bits per heavy atom. The van der Waals surface area contributed by atoms with Gasteiger partial charge in [0.25, 0.3) is 0 Å². The summed E-state index contributed by atoms with van der Waals surface area (Å²) in [6.07, 6.45) is 4.27. The molecule has 0 saturated heterocycles. The minimum atomic E-state index is 0.108. The van der Waals surface area contributed by atoms with Gasteiger partial charge in [-0.25, -0.2) is 0 Å². The Balaban J connectivity index is 3.06. The SMILES string of the molecule is C=CCCCC(=O)NC. The molecule has 0 atom stereocenters. The Labute approximate surface area is 56.0 Å². The third kappa shape index (κ3) is 5.07. The molecule has 0 heterocycles. The normalized spacial score (nSPS) is 8.56. The van der Waals surface area contributed by atoms with E-state index in [1.807, 2.05) is 6.08 Å². The number of nitrogens with one attached hydrogen (secondary N) is 1. The van der Waals surface area contributed by atoms with Crippen molar-refractivity contribution in [1.29, 1.82) is 0 Å². The summed E-state index contributed by atoms with van der Waals surface area (Å²) >= 11 is 0. The lowest BCUT2D eigenvalue weighted by molar-refractivity contribution is -0.120. The molecule has 52 valence electrons. The zero-order valence-corrected chi connectivity index (χ0v) is 5.81. The van der Waals surface area contributed by atoms with Crippen LogP contribution in [0.25, 0.3) is 0 Å². The van der Waals surface area contributed by atoms with Crippen molar-refractivity contribution in [2.24, 2.45) is 0 Å². The summed E-state index contributed by atoms with van der Waals surface area (Å²) in [6, 6.07) is 0. The van der Waals surface area contributed by atoms with Gasteiger partial charge in [0.2, 0.25) is 5.91 Å². The summed E-state index contributed by atoms with van der Waals surface area (Å²) in [5.41, 5.74) is 0. The largest absolute Gasteiger partial charge is 0.359 e. The van der Waals surface area contributed by atoms with E-state index in [2.05, 4.69) is 11.9 Å². The zero-order valence-electron chi connectivity index (χ0n) is 5.81. The lowest BCUT2D eigenvalue weighted by Crippen LogP contribution is -2.16. The lowest BCUT2D eigenvalue weighted by atomic mass is 10.2. The van der Waals surface area contributed by atoms with Gasteiger partial charge in [-0.3, -0.25) is 4.79 Å². The molecular weight excluding hydrogens is 114 g/mol. The molecule has 1 N–H and O–H groups in total. The number of carbonyl (C=O) groups excluding carboxylic acids is 1. The molecule has 0 spiro atoms. The predicted octanol–water partition coefficient (Wildman–Crippen LogP) is 1.09. The molecule has 1 amide bonds. The molecule has 0 saturated carbocycles. The number of amides is 1. The quantitative estimate of drug-likeness (QED) is 0.444. The van der Waals surface area contributed by atoms with Crippen molar-refractivity contribution in [3.05, 3.63) is 12.7 Å². The molecule has 0 aromatic rings. The van der Waals surface area contributed by atoms with Gasteiger partial charge in [-0.1, -0.05) is 6.08 Å². The molecule has 0 aromatic heterocycles. The third-order valence-electron chi connectivity index (χ3n) is 1.09. The summed E-state index contributed by atoms with van der Waals surface area (Å²) < 4.78 is 0. The maximum Gasteiger partial charge on any atom is 0.219 e.